The number of carbonyl (C=O) groups excluding carboxylic acids is 1. The third-order valence-corrected chi connectivity index (χ3v) is 3.71. The molecule has 0 radical (unpaired) electrons. The molecule has 0 fully saturated rings. The van der Waals surface area contributed by atoms with Crippen molar-refractivity contribution in [2.45, 2.75) is 6.92 Å². The number of para-hydroxylation sites is 2. The summed E-state index contributed by atoms with van der Waals surface area (Å²) in [5.41, 5.74) is 7.94. The summed E-state index contributed by atoms with van der Waals surface area (Å²) in [6.45, 7) is 1.39. The lowest BCUT2D eigenvalue weighted by atomic mass is 10.1. The first-order valence-electron chi connectivity index (χ1n) is 5.91. The Bertz CT molecular complexity index is 651. The molecule has 2 rings (SSSR count). The van der Waals surface area contributed by atoms with Crippen LogP contribution in [-0.4, -0.2) is 23.5 Å². The normalized spacial score (nSPS) is 10.2. The van der Waals surface area contributed by atoms with Crippen LogP contribution in [0.3, 0.4) is 0 Å². The number of nitrogens with two attached hydrogens (primary N) is 1. The molecule has 0 aliphatic rings. The number of thiophene rings is 1. The van der Waals surface area contributed by atoms with Crippen molar-refractivity contribution in [2.75, 3.05) is 17.2 Å². The zero-order chi connectivity index (χ0) is 14.7. The van der Waals surface area contributed by atoms with Crippen LogP contribution in [0, 0.1) is 6.92 Å². The van der Waals surface area contributed by atoms with Crippen LogP contribution < -0.4 is 10.6 Å². The number of rotatable bonds is 4. The minimum absolute atomic E-state index is 0.357. The van der Waals surface area contributed by atoms with E-state index in [4.69, 9.17) is 10.8 Å². The molecule has 0 spiro atoms. The molecule has 5 nitrogen and oxygen atoms in total. The predicted octanol–water partition coefficient (Wildman–Crippen LogP) is 2.37. The van der Waals surface area contributed by atoms with E-state index in [1.54, 1.807) is 29.6 Å². The van der Waals surface area contributed by atoms with Gasteiger partial charge in [-0.15, -0.1) is 0 Å². The highest BCUT2D eigenvalue weighted by Crippen LogP contribution is 2.26. The first kappa shape index (κ1) is 14.1. The summed E-state index contributed by atoms with van der Waals surface area (Å²) in [7, 11) is 0. The number of nitrogen functional groups attached to an aromatic ring is 1. The van der Waals surface area contributed by atoms with Gasteiger partial charge in [0.2, 0.25) is 0 Å². The lowest BCUT2D eigenvalue weighted by Crippen LogP contribution is -2.36. The highest BCUT2D eigenvalue weighted by atomic mass is 32.1. The molecular weight excluding hydrogens is 276 g/mol. The van der Waals surface area contributed by atoms with Crippen molar-refractivity contribution in [1.82, 2.24) is 0 Å². The van der Waals surface area contributed by atoms with Crippen LogP contribution >= 0.6 is 11.3 Å². The van der Waals surface area contributed by atoms with Gasteiger partial charge < -0.3 is 10.8 Å². The predicted molar refractivity (Wildman–Crippen MR) is 79.2 cm³/mol. The molecule has 0 unspecified atom stereocenters. The van der Waals surface area contributed by atoms with E-state index in [-0.39, 0.29) is 5.91 Å². The number of benzene rings is 1. The van der Waals surface area contributed by atoms with Gasteiger partial charge in [-0.05, 0) is 30.0 Å². The Kier molecular flexibility index (Phi) is 4.05. The second-order valence-corrected chi connectivity index (χ2v) is 5.06. The summed E-state index contributed by atoms with van der Waals surface area (Å²) >= 11 is 1.40. The van der Waals surface area contributed by atoms with Crippen molar-refractivity contribution in [1.29, 1.82) is 0 Å². The standard InChI is InChI=1S/C14H14N2O3S/c1-9-7-20-8-10(9)14(19)16(6-13(17)18)12-5-3-2-4-11(12)15/h2-5,7-8H,6,15H2,1H3,(H,17,18). The van der Waals surface area contributed by atoms with E-state index in [0.717, 1.165) is 5.56 Å². The number of nitrogens with zero attached hydrogens (tertiary/aromatic N) is 1. The summed E-state index contributed by atoms with van der Waals surface area (Å²) in [6, 6.07) is 6.72. The van der Waals surface area contributed by atoms with Gasteiger partial charge in [-0.2, -0.15) is 11.3 Å². The number of hydrogen-bond donors (Lipinski definition) is 2. The Labute approximate surface area is 120 Å². The number of carboxylic acid groups (broad SMARTS) is 1. The number of anilines is 2. The van der Waals surface area contributed by atoms with Gasteiger partial charge >= 0.3 is 5.97 Å². The average Bonchev–Trinajstić information content (AvgIpc) is 2.82. The van der Waals surface area contributed by atoms with Crippen LogP contribution in [-0.2, 0) is 4.79 Å². The molecular formula is C14H14N2O3S. The molecule has 3 N–H and O–H groups in total. The molecule has 0 atom stereocenters. The fraction of sp³-hybridized carbons (Fsp3) is 0.143. The molecule has 0 aliphatic carbocycles. The fourth-order valence-corrected chi connectivity index (χ4v) is 2.68. The maximum atomic E-state index is 12.5. The largest absolute Gasteiger partial charge is 0.480 e. The third-order valence-electron chi connectivity index (χ3n) is 2.85. The molecule has 104 valence electrons. The van der Waals surface area contributed by atoms with Gasteiger partial charge in [-0.25, -0.2) is 0 Å². The van der Waals surface area contributed by atoms with Gasteiger partial charge in [0.15, 0.2) is 0 Å². The van der Waals surface area contributed by atoms with Crippen molar-refractivity contribution in [3.05, 3.63) is 46.2 Å². The monoisotopic (exact) mass is 290 g/mol. The van der Waals surface area contributed by atoms with Crippen molar-refractivity contribution in [3.8, 4) is 0 Å². The minimum atomic E-state index is -1.09. The maximum absolute atomic E-state index is 12.5. The van der Waals surface area contributed by atoms with E-state index in [1.165, 1.54) is 16.2 Å². The van der Waals surface area contributed by atoms with E-state index in [2.05, 4.69) is 0 Å². The molecule has 2 aromatic rings. The van der Waals surface area contributed by atoms with E-state index >= 15 is 0 Å². The molecule has 0 bridgehead atoms. The van der Waals surface area contributed by atoms with Crippen molar-refractivity contribution < 1.29 is 14.7 Å². The molecule has 1 heterocycles. The summed E-state index contributed by atoms with van der Waals surface area (Å²) in [5.74, 6) is -1.45. The van der Waals surface area contributed by atoms with Crippen LogP contribution in [0.25, 0.3) is 0 Å². The van der Waals surface area contributed by atoms with Crippen LogP contribution in [0.1, 0.15) is 15.9 Å². The average molecular weight is 290 g/mol. The van der Waals surface area contributed by atoms with Gasteiger partial charge in [0.05, 0.1) is 16.9 Å². The second-order valence-electron chi connectivity index (χ2n) is 4.31. The lowest BCUT2D eigenvalue weighted by Gasteiger charge is -2.22. The van der Waals surface area contributed by atoms with Crippen LogP contribution in [0.4, 0.5) is 11.4 Å². The lowest BCUT2D eigenvalue weighted by molar-refractivity contribution is -0.135. The minimum Gasteiger partial charge on any atom is -0.480 e. The first-order valence-corrected chi connectivity index (χ1v) is 6.86. The van der Waals surface area contributed by atoms with Crippen LogP contribution in [0.15, 0.2) is 35.0 Å². The van der Waals surface area contributed by atoms with E-state index < -0.39 is 12.5 Å². The summed E-state index contributed by atoms with van der Waals surface area (Å²) in [6.07, 6.45) is 0. The van der Waals surface area contributed by atoms with Gasteiger partial charge in [0, 0.05) is 5.38 Å². The van der Waals surface area contributed by atoms with Crippen molar-refractivity contribution >= 4 is 34.6 Å². The molecule has 20 heavy (non-hydrogen) atoms. The molecule has 0 saturated heterocycles. The Morgan fingerprint density at radius 3 is 2.55 bits per heavy atom. The van der Waals surface area contributed by atoms with Gasteiger partial charge in [0.1, 0.15) is 6.54 Å². The van der Waals surface area contributed by atoms with Gasteiger partial charge in [-0.1, -0.05) is 12.1 Å². The first-order chi connectivity index (χ1) is 9.50. The number of hydrogen-bond acceptors (Lipinski definition) is 4. The highest BCUT2D eigenvalue weighted by molar-refractivity contribution is 7.08. The van der Waals surface area contributed by atoms with E-state index in [1.807, 2.05) is 12.3 Å². The molecule has 0 saturated carbocycles. The highest BCUT2D eigenvalue weighted by Gasteiger charge is 2.23. The molecule has 0 aliphatic heterocycles. The Morgan fingerprint density at radius 1 is 1.30 bits per heavy atom. The Hall–Kier alpha value is -2.34. The van der Waals surface area contributed by atoms with Crippen molar-refractivity contribution in [3.63, 3.8) is 0 Å². The number of aryl methyl sites for hydroxylation is 1. The SMILES string of the molecule is Cc1cscc1C(=O)N(CC(=O)O)c1ccccc1N. The maximum Gasteiger partial charge on any atom is 0.323 e. The molecule has 1 aromatic heterocycles. The summed E-state index contributed by atoms with van der Waals surface area (Å²) in [4.78, 5) is 24.7. The number of amides is 1. The molecule has 1 amide bonds. The summed E-state index contributed by atoms with van der Waals surface area (Å²) < 4.78 is 0. The van der Waals surface area contributed by atoms with Crippen LogP contribution in [0.5, 0.6) is 0 Å². The topological polar surface area (TPSA) is 83.6 Å². The van der Waals surface area contributed by atoms with E-state index in [0.29, 0.717) is 16.9 Å². The Balaban J connectivity index is 2.43. The van der Waals surface area contributed by atoms with E-state index in [9.17, 15) is 9.59 Å². The quantitative estimate of drug-likeness (QED) is 0.847. The second kappa shape index (κ2) is 5.75. The number of aliphatic carboxylic acids is 1. The Morgan fingerprint density at radius 2 is 2.00 bits per heavy atom. The zero-order valence-corrected chi connectivity index (χ0v) is 11.7. The summed E-state index contributed by atoms with van der Waals surface area (Å²) in [5, 5.41) is 12.6. The van der Waals surface area contributed by atoms with Crippen molar-refractivity contribution in [2.24, 2.45) is 0 Å². The number of carboxylic acids is 1. The molecule has 6 heteroatoms. The fourth-order valence-electron chi connectivity index (χ4n) is 1.86. The number of carbonyl (C=O) groups is 2. The third kappa shape index (κ3) is 2.80. The van der Waals surface area contributed by atoms with Crippen LogP contribution in [0.2, 0.25) is 0 Å². The zero-order valence-electron chi connectivity index (χ0n) is 10.9. The van der Waals surface area contributed by atoms with Gasteiger partial charge in [0.25, 0.3) is 5.91 Å². The molecule has 1 aromatic carbocycles. The smallest absolute Gasteiger partial charge is 0.323 e. The van der Waals surface area contributed by atoms with Gasteiger partial charge in [-0.3, -0.25) is 14.5 Å².